The summed E-state index contributed by atoms with van der Waals surface area (Å²) in [5, 5.41) is 7.99. The Bertz CT molecular complexity index is 1060. The predicted molar refractivity (Wildman–Crippen MR) is 130 cm³/mol. The first-order chi connectivity index (χ1) is 16.1. The number of fused-ring (bicyclic) bond motifs is 1. The van der Waals surface area contributed by atoms with Crippen molar-refractivity contribution in [3.63, 3.8) is 0 Å². The highest BCUT2D eigenvalue weighted by atomic mass is 16.6. The Morgan fingerprint density at radius 1 is 1.15 bits per heavy atom. The van der Waals surface area contributed by atoms with Gasteiger partial charge >= 0.3 is 12.1 Å². The molecule has 9 nitrogen and oxygen atoms in total. The molecule has 2 aromatic rings. The Morgan fingerprint density at radius 3 is 2.59 bits per heavy atom. The summed E-state index contributed by atoms with van der Waals surface area (Å²) in [5.74, 6) is 0.491. The summed E-state index contributed by atoms with van der Waals surface area (Å²) in [6, 6.07) is 11.7. The summed E-state index contributed by atoms with van der Waals surface area (Å²) in [5.41, 5.74) is 2.47. The lowest BCUT2D eigenvalue weighted by molar-refractivity contribution is -0.120. The van der Waals surface area contributed by atoms with Gasteiger partial charge < -0.3 is 25.0 Å². The van der Waals surface area contributed by atoms with Crippen LogP contribution in [0.1, 0.15) is 38.3 Å². The topological polar surface area (TPSA) is 109 Å². The molecule has 182 valence electrons. The fraction of sp³-hybridized carbons (Fsp3) is 0.400. The lowest BCUT2D eigenvalue weighted by Crippen LogP contribution is -2.50. The molecule has 0 fully saturated rings. The van der Waals surface area contributed by atoms with Gasteiger partial charge in [-0.25, -0.2) is 9.59 Å². The molecule has 2 aromatic carbocycles. The van der Waals surface area contributed by atoms with Gasteiger partial charge in [0.15, 0.2) is 0 Å². The Hall–Kier alpha value is -3.75. The molecule has 1 unspecified atom stereocenters. The van der Waals surface area contributed by atoms with Gasteiger partial charge in [-0.1, -0.05) is 12.1 Å². The van der Waals surface area contributed by atoms with Crippen LogP contribution in [0.5, 0.6) is 5.75 Å². The lowest BCUT2D eigenvalue weighted by atomic mass is 10.1. The van der Waals surface area contributed by atoms with Crippen molar-refractivity contribution in [1.82, 2.24) is 10.6 Å². The summed E-state index contributed by atoms with van der Waals surface area (Å²) in [4.78, 5) is 39.3. The number of carbonyl (C=O) groups is 3. The third-order valence-corrected chi connectivity index (χ3v) is 5.29. The number of urea groups is 1. The van der Waals surface area contributed by atoms with Crippen molar-refractivity contribution in [1.29, 1.82) is 0 Å². The molecule has 1 heterocycles. The van der Waals surface area contributed by atoms with Crippen LogP contribution in [0.15, 0.2) is 42.5 Å². The van der Waals surface area contributed by atoms with Gasteiger partial charge in [0.1, 0.15) is 17.4 Å². The smallest absolute Gasteiger partial charge is 0.412 e. The molecule has 0 aromatic heterocycles. The fourth-order valence-corrected chi connectivity index (χ4v) is 3.76. The van der Waals surface area contributed by atoms with Gasteiger partial charge in [-0.05, 0) is 75.1 Å². The minimum absolute atomic E-state index is 0.210. The number of aryl methyl sites for hydroxylation is 1. The van der Waals surface area contributed by atoms with E-state index in [0.717, 1.165) is 16.8 Å². The average Bonchev–Trinajstić information content (AvgIpc) is 2.89. The van der Waals surface area contributed by atoms with E-state index in [9.17, 15) is 14.4 Å². The van der Waals surface area contributed by atoms with E-state index in [0.29, 0.717) is 24.3 Å². The highest BCUT2D eigenvalue weighted by molar-refractivity contribution is 6.00. The largest absolute Gasteiger partial charge is 0.497 e. The maximum absolute atomic E-state index is 13.5. The molecule has 0 bridgehead atoms. The van der Waals surface area contributed by atoms with Gasteiger partial charge in [0.05, 0.1) is 13.7 Å². The number of methoxy groups -OCH3 is 1. The third kappa shape index (κ3) is 6.40. The predicted octanol–water partition coefficient (Wildman–Crippen LogP) is 3.82. The van der Waals surface area contributed by atoms with Crippen molar-refractivity contribution in [2.45, 2.75) is 51.8 Å². The van der Waals surface area contributed by atoms with Crippen molar-refractivity contribution in [2.75, 3.05) is 24.4 Å². The van der Waals surface area contributed by atoms with Gasteiger partial charge in [-0.15, -0.1) is 0 Å². The number of nitrogens with zero attached hydrogens (tertiary/aromatic N) is 1. The maximum atomic E-state index is 13.5. The van der Waals surface area contributed by atoms with Crippen molar-refractivity contribution in [3.05, 3.63) is 53.6 Å². The van der Waals surface area contributed by atoms with Crippen LogP contribution in [0.4, 0.5) is 21.0 Å². The summed E-state index contributed by atoms with van der Waals surface area (Å²) < 4.78 is 10.7. The highest BCUT2D eigenvalue weighted by Crippen LogP contribution is 2.32. The number of ether oxygens (including phenoxy) is 2. The van der Waals surface area contributed by atoms with Crippen LogP contribution in [-0.4, -0.2) is 43.8 Å². The van der Waals surface area contributed by atoms with Crippen LogP contribution in [0.2, 0.25) is 0 Å². The second-order valence-corrected chi connectivity index (χ2v) is 9.06. The molecule has 0 radical (unpaired) electrons. The Morgan fingerprint density at radius 2 is 1.91 bits per heavy atom. The summed E-state index contributed by atoms with van der Waals surface area (Å²) in [6.07, 6.45) is 0.509. The van der Waals surface area contributed by atoms with Crippen molar-refractivity contribution >= 4 is 29.4 Å². The van der Waals surface area contributed by atoms with E-state index in [1.54, 1.807) is 51.0 Å². The summed E-state index contributed by atoms with van der Waals surface area (Å²) in [7, 11) is 3.11. The highest BCUT2D eigenvalue weighted by Gasteiger charge is 2.31. The standard InChI is InChI=1S/C25H32N4O5/c1-25(2,3)34-24(32)27-18-8-6-7-16(13-18)15-29-21-12-10-19(33-5)14-17(21)9-11-20(22(29)30)28-23(31)26-4/h6-8,10,12-14,20H,9,11,15H2,1-5H3,(H,27,32)(H2,26,28,31). The lowest BCUT2D eigenvalue weighted by Gasteiger charge is -2.27. The number of hydrogen-bond acceptors (Lipinski definition) is 5. The number of amides is 4. The zero-order chi connectivity index (χ0) is 24.9. The van der Waals surface area contributed by atoms with E-state index in [2.05, 4.69) is 16.0 Å². The zero-order valence-electron chi connectivity index (χ0n) is 20.2. The molecule has 1 atom stereocenters. The minimum atomic E-state index is -0.679. The van der Waals surface area contributed by atoms with E-state index >= 15 is 0 Å². The first kappa shape index (κ1) is 24.9. The van der Waals surface area contributed by atoms with E-state index < -0.39 is 23.8 Å². The Balaban J connectivity index is 1.89. The molecular weight excluding hydrogens is 436 g/mol. The summed E-state index contributed by atoms with van der Waals surface area (Å²) >= 11 is 0. The number of anilines is 2. The van der Waals surface area contributed by atoms with Crippen molar-refractivity contribution < 1.29 is 23.9 Å². The average molecular weight is 469 g/mol. The Labute approximate surface area is 199 Å². The monoisotopic (exact) mass is 468 g/mol. The van der Waals surface area contributed by atoms with E-state index in [-0.39, 0.29) is 12.5 Å². The molecule has 0 aliphatic carbocycles. The number of hydrogen-bond donors (Lipinski definition) is 3. The first-order valence-electron chi connectivity index (χ1n) is 11.1. The molecule has 3 N–H and O–H groups in total. The van der Waals surface area contributed by atoms with Crippen LogP contribution >= 0.6 is 0 Å². The van der Waals surface area contributed by atoms with E-state index in [4.69, 9.17) is 9.47 Å². The minimum Gasteiger partial charge on any atom is -0.497 e. The molecule has 4 amide bonds. The van der Waals surface area contributed by atoms with Crippen LogP contribution < -0.4 is 25.6 Å². The molecule has 0 spiro atoms. The van der Waals surface area contributed by atoms with Crippen molar-refractivity contribution in [3.8, 4) is 5.75 Å². The Kier molecular flexibility index (Phi) is 7.65. The van der Waals surface area contributed by atoms with Gasteiger partial charge in [-0.2, -0.15) is 0 Å². The second-order valence-electron chi connectivity index (χ2n) is 9.06. The van der Waals surface area contributed by atoms with Crippen LogP contribution in [0.3, 0.4) is 0 Å². The fourth-order valence-electron chi connectivity index (χ4n) is 3.76. The van der Waals surface area contributed by atoms with Crippen LogP contribution in [0, 0.1) is 0 Å². The normalized spacial score (nSPS) is 15.6. The maximum Gasteiger partial charge on any atom is 0.412 e. The molecule has 9 heteroatoms. The van der Waals surface area contributed by atoms with Gasteiger partial charge in [0, 0.05) is 18.4 Å². The molecular formula is C25H32N4O5. The summed E-state index contributed by atoms with van der Waals surface area (Å²) in [6.45, 7) is 5.64. The molecule has 1 aliphatic heterocycles. The van der Waals surface area contributed by atoms with Crippen molar-refractivity contribution in [2.24, 2.45) is 0 Å². The van der Waals surface area contributed by atoms with Crippen LogP contribution in [-0.2, 0) is 22.5 Å². The van der Waals surface area contributed by atoms with Crippen LogP contribution in [0.25, 0.3) is 0 Å². The van der Waals surface area contributed by atoms with E-state index in [1.165, 1.54) is 7.05 Å². The third-order valence-electron chi connectivity index (χ3n) is 5.29. The molecule has 34 heavy (non-hydrogen) atoms. The number of benzene rings is 2. The van der Waals surface area contributed by atoms with Gasteiger partial charge in [-0.3, -0.25) is 10.1 Å². The van der Waals surface area contributed by atoms with Gasteiger partial charge in [0.25, 0.3) is 0 Å². The molecule has 1 aliphatic rings. The number of carbonyl (C=O) groups excluding carboxylic acids is 3. The second kappa shape index (κ2) is 10.5. The zero-order valence-corrected chi connectivity index (χ0v) is 20.2. The van der Waals surface area contributed by atoms with Gasteiger partial charge in [0.2, 0.25) is 5.91 Å². The quantitative estimate of drug-likeness (QED) is 0.618. The molecule has 0 saturated heterocycles. The van der Waals surface area contributed by atoms with E-state index in [1.807, 2.05) is 24.3 Å². The number of rotatable bonds is 5. The first-order valence-corrected chi connectivity index (χ1v) is 11.1. The molecule has 0 saturated carbocycles. The molecule has 3 rings (SSSR count). The number of nitrogens with one attached hydrogen (secondary N) is 3. The SMILES string of the molecule is CNC(=O)NC1CCc2cc(OC)ccc2N(Cc2cccc(NC(=O)OC(C)(C)C)c2)C1=O.